The molecule has 6 nitrogen and oxygen atoms in total. The summed E-state index contributed by atoms with van der Waals surface area (Å²) < 4.78 is 52.7. The number of hydrogen-bond acceptors (Lipinski definition) is 4. The van der Waals surface area contributed by atoms with Crippen LogP contribution >= 0.6 is 0 Å². The number of benzene rings is 1. The van der Waals surface area contributed by atoms with Gasteiger partial charge >= 0.3 is 0 Å². The van der Waals surface area contributed by atoms with Crippen LogP contribution in [0.25, 0.3) is 0 Å². The van der Waals surface area contributed by atoms with Gasteiger partial charge in [0.05, 0.1) is 12.1 Å². The van der Waals surface area contributed by atoms with Crippen LogP contribution in [0, 0.1) is 23.5 Å². The molecule has 0 bridgehead atoms. The monoisotopic (exact) mass is 318 g/mol. The van der Waals surface area contributed by atoms with Crippen molar-refractivity contribution in [1.29, 1.82) is 0 Å². The maximum atomic E-state index is 13.8. The zero-order chi connectivity index (χ0) is 16.0. The zero-order valence-corrected chi connectivity index (χ0v) is 11.7. The first-order chi connectivity index (χ1) is 9.81. The van der Waals surface area contributed by atoms with E-state index in [4.69, 9.17) is 5.11 Å². The summed E-state index contributed by atoms with van der Waals surface area (Å²) >= 11 is 0. The Morgan fingerprint density at radius 3 is 2.62 bits per heavy atom. The fourth-order valence-electron chi connectivity index (χ4n) is 1.38. The lowest BCUT2D eigenvalue weighted by Gasteiger charge is -2.09. The van der Waals surface area contributed by atoms with Crippen molar-refractivity contribution >= 4 is 15.9 Å². The van der Waals surface area contributed by atoms with Gasteiger partial charge in [0.2, 0.25) is 15.9 Å². The van der Waals surface area contributed by atoms with Gasteiger partial charge in [0, 0.05) is 13.1 Å². The average Bonchev–Trinajstić information content (AvgIpc) is 2.41. The molecule has 0 fully saturated rings. The second kappa shape index (κ2) is 7.12. The largest absolute Gasteiger partial charge is 0.384 e. The molecular formula is C12H12F2N2O4S. The summed E-state index contributed by atoms with van der Waals surface area (Å²) in [6.45, 7) is -1.22. The molecule has 0 saturated heterocycles. The Morgan fingerprint density at radius 2 is 2.05 bits per heavy atom. The molecule has 1 aromatic rings. The molecule has 1 aromatic carbocycles. The van der Waals surface area contributed by atoms with Gasteiger partial charge in [0.15, 0.2) is 0 Å². The minimum Gasteiger partial charge on any atom is -0.384 e. The fourth-order valence-corrected chi connectivity index (χ4v) is 2.56. The third-order valence-corrected chi connectivity index (χ3v) is 3.76. The van der Waals surface area contributed by atoms with E-state index in [0.29, 0.717) is 6.07 Å². The summed E-state index contributed by atoms with van der Waals surface area (Å²) in [5.74, 6) is 1.27. The van der Waals surface area contributed by atoms with Crippen molar-refractivity contribution in [2.75, 3.05) is 20.2 Å². The number of nitrogens with one attached hydrogen (secondary N) is 2. The molecule has 0 aliphatic heterocycles. The first-order valence-electron chi connectivity index (χ1n) is 5.61. The van der Waals surface area contributed by atoms with E-state index in [9.17, 15) is 22.0 Å². The standard InChI is InChI=1S/C12H12F2N2O4S/c1-15-11(18)7-16-21(19,20)12-8(3-2-4-17)5-9(13)6-10(12)14/h5-6,16-17H,4,7H2,1H3,(H,15,18). The molecule has 0 aliphatic carbocycles. The van der Waals surface area contributed by atoms with Gasteiger partial charge in [-0.05, 0) is 6.07 Å². The molecule has 1 amide bonds. The molecule has 114 valence electrons. The zero-order valence-electron chi connectivity index (χ0n) is 10.9. The van der Waals surface area contributed by atoms with E-state index in [-0.39, 0.29) is 0 Å². The molecule has 0 radical (unpaired) electrons. The van der Waals surface area contributed by atoms with E-state index in [1.54, 1.807) is 0 Å². The number of carbonyl (C=O) groups excluding carboxylic acids is 1. The summed E-state index contributed by atoms with van der Waals surface area (Å²) in [6, 6.07) is 1.11. The van der Waals surface area contributed by atoms with Crippen molar-refractivity contribution in [3.63, 3.8) is 0 Å². The lowest BCUT2D eigenvalue weighted by atomic mass is 10.2. The highest BCUT2D eigenvalue weighted by atomic mass is 32.2. The molecule has 9 heteroatoms. The Bertz CT molecular complexity index is 708. The SMILES string of the molecule is CNC(=O)CNS(=O)(=O)c1c(F)cc(F)cc1C#CCO. The lowest BCUT2D eigenvalue weighted by Crippen LogP contribution is -2.35. The predicted octanol–water partition coefficient (Wildman–Crippen LogP) is -0.667. The molecule has 0 heterocycles. The van der Waals surface area contributed by atoms with Crippen LogP contribution in [0.15, 0.2) is 17.0 Å². The molecule has 0 aromatic heterocycles. The Labute approximate surface area is 120 Å². The highest BCUT2D eigenvalue weighted by molar-refractivity contribution is 7.89. The number of carbonyl (C=O) groups is 1. The second-order valence-electron chi connectivity index (χ2n) is 3.72. The maximum Gasteiger partial charge on any atom is 0.245 e. The number of sulfonamides is 1. The Hall–Kier alpha value is -2.02. The Balaban J connectivity index is 3.30. The van der Waals surface area contributed by atoms with Crippen molar-refractivity contribution in [3.05, 3.63) is 29.3 Å². The van der Waals surface area contributed by atoms with Gasteiger partial charge in [-0.25, -0.2) is 21.9 Å². The van der Waals surface area contributed by atoms with Crippen LogP contribution < -0.4 is 10.0 Å². The molecule has 3 N–H and O–H groups in total. The number of aliphatic hydroxyl groups excluding tert-OH is 1. The van der Waals surface area contributed by atoms with Crippen LogP contribution in [0.5, 0.6) is 0 Å². The summed E-state index contributed by atoms with van der Waals surface area (Å²) in [5.41, 5.74) is -0.453. The average molecular weight is 318 g/mol. The highest BCUT2D eigenvalue weighted by Gasteiger charge is 2.24. The topological polar surface area (TPSA) is 95.5 Å². The van der Waals surface area contributed by atoms with Gasteiger partial charge in [-0.3, -0.25) is 4.79 Å². The van der Waals surface area contributed by atoms with Crippen molar-refractivity contribution in [3.8, 4) is 11.8 Å². The number of aliphatic hydroxyl groups is 1. The Kier molecular flexibility index (Phi) is 5.78. The van der Waals surface area contributed by atoms with Crippen LogP contribution in [-0.4, -0.2) is 39.6 Å². The van der Waals surface area contributed by atoms with Crippen molar-refractivity contribution in [2.45, 2.75) is 4.90 Å². The quantitative estimate of drug-likeness (QED) is 0.642. The van der Waals surface area contributed by atoms with E-state index in [1.165, 1.54) is 7.05 Å². The highest BCUT2D eigenvalue weighted by Crippen LogP contribution is 2.20. The lowest BCUT2D eigenvalue weighted by molar-refractivity contribution is -0.119. The van der Waals surface area contributed by atoms with Gasteiger partial charge in [-0.1, -0.05) is 11.8 Å². The number of amides is 1. The van der Waals surface area contributed by atoms with Crippen LogP contribution in [-0.2, 0) is 14.8 Å². The smallest absolute Gasteiger partial charge is 0.245 e. The van der Waals surface area contributed by atoms with Gasteiger partial charge in [0.25, 0.3) is 0 Å². The minimum absolute atomic E-state index is 0.387. The summed E-state index contributed by atoms with van der Waals surface area (Å²) in [5, 5.41) is 10.8. The van der Waals surface area contributed by atoms with Crippen LogP contribution in [0.4, 0.5) is 8.78 Å². The van der Waals surface area contributed by atoms with E-state index >= 15 is 0 Å². The van der Waals surface area contributed by atoms with Crippen LogP contribution in [0.2, 0.25) is 0 Å². The maximum absolute atomic E-state index is 13.8. The summed E-state index contributed by atoms with van der Waals surface area (Å²) in [6.07, 6.45) is 0. The van der Waals surface area contributed by atoms with E-state index in [0.717, 1.165) is 6.07 Å². The van der Waals surface area contributed by atoms with Crippen molar-refractivity contribution < 1.29 is 27.1 Å². The third-order valence-electron chi connectivity index (χ3n) is 2.28. The molecular weight excluding hydrogens is 306 g/mol. The van der Waals surface area contributed by atoms with Gasteiger partial charge in [0.1, 0.15) is 23.1 Å². The third kappa shape index (κ3) is 4.49. The van der Waals surface area contributed by atoms with Crippen LogP contribution in [0.1, 0.15) is 5.56 Å². The fraction of sp³-hybridized carbons (Fsp3) is 0.250. The molecule has 0 aliphatic rings. The molecule has 0 spiro atoms. The van der Waals surface area contributed by atoms with E-state index < -0.39 is 51.2 Å². The first-order valence-corrected chi connectivity index (χ1v) is 7.09. The molecule has 21 heavy (non-hydrogen) atoms. The second-order valence-corrected chi connectivity index (χ2v) is 5.43. The van der Waals surface area contributed by atoms with Crippen molar-refractivity contribution in [2.24, 2.45) is 0 Å². The summed E-state index contributed by atoms with van der Waals surface area (Å²) in [7, 11) is -3.11. The van der Waals surface area contributed by atoms with E-state index in [2.05, 4.69) is 17.2 Å². The molecule has 0 unspecified atom stereocenters. The summed E-state index contributed by atoms with van der Waals surface area (Å²) in [4.78, 5) is 10.2. The normalized spacial score (nSPS) is 10.7. The number of likely N-dealkylation sites (N-methyl/N-ethyl adjacent to an activating group) is 1. The Morgan fingerprint density at radius 1 is 1.38 bits per heavy atom. The predicted molar refractivity (Wildman–Crippen MR) is 69.6 cm³/mol. The number of hydrogen-bond donors (Lipinski definition) is 3. The van der Waals surface area contributed by atoms with E-state index in [1.807, 2.05) is 4.72 Å². The number of rotatable bonds is 4. The van der Waals surface area contributed by atoms with Gasteiger partial charge in [-0.15, -0.1) is 0 Å². The van der Waals surface area contributed by atoms with Crippen LogP contribution in [0.3, 0.4) is 0 Å². The minimum atomic E-state index is -4.41. The van der Waals surface area contributed by atoms with Gasteiger partial charge in [-0.2, -0.15) is 0 Å². The van der Waals surface area contributed by atoms with Gasteiger partial charge < -0.3 is 10.4 Å². The molecule has 0 atom stereocenters. The first kappa shape index (κ1) is 17.0. The molecule has 1 rings (SSSR count). The van der Waals surface area contributed by atoms with Crippen molar-refractivity contribution in [1.82, 2.24) is 10.0 Å². The molecule has 0 saturated carbocycles. The number of halogens is 2.